The third-order valence-electron chi connectivity index (χ3n) is 3.46. The summed E-state index contributed by atoms with van der Waals surface area (Å²) in [6.45, 7) is -0.0642. The summed E-state index contributed by atoms with van der Waals surface area (Å²) in [6, 6.07) is 6.43. The zero-order valence-corrected chi connectivity index (χ0v) is 15.2. The molecule has 21 heavy (non-hydrogen) atoms. The molecule has 0 amide bonds. The largest absolute Gasteiger partial charge is 1.00 e. The van der Waals surface area contributed by atoms with Crippen molar-refractivity contribution in [2.45, 2.75) is 0 Å². The van der Waals surface area contributed by atoms with Crippen molar-refractivity contribution >= 4 is 12.7 Å². The van der Waals surface area contributed by atoms with Gasteiger partial charge in [0.05, 0.1) is 5.69 Å². The molecule has 1 saturated heterocycles. The van der Waals surface area contributed by atoms with Gasteiger partial charge in [-0.25, -0.2) is 4.39 Å². The number of hydrogen-bond acceptors (Lipinski definition) is 2. The van der Waals surface area contributed by atoms with Gasteiger partial charge in [-0.05, 0) is 18.7 Å². The van der Waals surface area contributed by atoms with E-state index in [1.54, 1.807) is 23.1 Å². The molecule has 0 saturated carbocycles. The van der Waals surface area contributed by atoms with Gasteiger partial charge in [0.2, 0.25) is 0 Å². The normalized spacial score (nSPS) is 16.5. The Hall–Kier alpha value is 0.141. The summed E-state index contributed by atoms with van der Waals surface area (Å²) in [7, 11) is 0. The van der Waals surface area contributed by atoms with E-state index in [-0.39, 0.29) is 63.7 Å². The topological polar surface area (TPSA) is 6.48 Å². The van der Waals surface area contributed by atoms with Gasteiger partial charge in [0, 0.05) is 26.2 Å². The van der Waals surface area contributed by atoms with Crippen LogP contribution in [0.15, 0.2) is 36.3 Å². The molecule has 0 N–H and O–H groups in total. The van der Waals surface area contributed by atoms with Crippen LogP contribution in [-0.2, 0) is 0 Å². The van der Waals surface area contributed by atoms with Crippen LogP contribution in [0, 0.1) is 5.82 Å². The van der Waals surface area contributed by atoms with Crippen LogP contribution in [-0.4, -0.2) is 44.6 Å². The van der Waals surface area contributed by atoms with Crippen LogP contribution in [0.3, 0.4) is 0 Å². The van der Waals surface area contributed by atoms with Gasteiger partial charge in [0.25, 0.3) is 0 Å². The number of halogens is 4. The fourth-order valence-corrected chi connectivity index (χ4v) is 2.25. The van der Waals surface area contributed by atoms with E-state index in [1.807, 2.05) is 4.90 Å². The second-order valence-electron chi connectivity index (χ2n) is 4.95. The molecular weight excluding hydrogens is 310 g/mol. The molecule has 110 valence electrons. The van der Waals surface area contributed by atoms with Gasteiger partial charge in [-0.2, -0.15) is 0 Å². The molecule has 0 atom stereocenters. The first-order valence-corrected chi connectivity index (χ1v) is 6.47. The van der Waals surface area contributed by atoms with E-state index in [2.05, 4.69) is 6.58 Å². The Kier molecular flexibility index (Phi) is 7.42. The van der Waals surface area contributed by atoms with Crippen molar-refractivity contribution in [2.24, 2.45) is 0 Å². The van der Waals surface area contributed by atoms with Crippen molar-refractivity contribution in [3.05, 3.63) is 42.1 Å². The molecule has 1 aliphatic heterocycles. The Morgan fingerprint density at radius 1 is 1.10 bits per heavy atom. The van der Waals surface area contributed by atoms with Crippen molar-refractivity contribution in [3.63, 3.8) is 0 Å². The van der Waals surface area contributed by atoms with E-state index >= 15 is 0 Å². The van der Waals surface area contributed by atoms with Gasteiger partial charge in [-0.3, -0.25) is 4.90 Å². The van der Waals surface area contributed by atoms with Crippen LogP contribution in [0.2, 0.25) is 0 Å². The fourth-order valence-electron chi connectivity index (χ4n) is 2.25. The first-order chi connectivity index (χ1) is 9.38. The smallest absolute Gasteiger partial charge is 0.445 e. The summed E-state index contributed by atoms with van der Waals surface area (Å²) in [4.78, 5) is 3.56. The van der Waals surface area contributed by atoms with Crippen LogP contribution in [0.5, 0.6) is 0 Å². The minimum Gasteiger partial charge on any atom is -0.445 e. The Labute approximate surface area is 164 Å². The first-order valence-electron chi connectivity index (χ1n) is 6.47. The molecule has 0 unspecified atom stereocenters. The van der Waals surface area contributed by atoms with E-state index in [4.69, 9.17) is 0 Å². The van der Waals surface area contributed by atoms with Crippen molar-refractivity contribution in [1.82, 2.24) is 4.90 Å². The Morgan fingerprint density at radius 2 is 1.67 bits per heavy atom. The zero-order valence-electron chi connectivity index (χ0n) is 12.0. The van der Waals surface area contributed by atoms with Crippen LogP contribution >= 0.6 is 0 Å². The maximum Gasteiger partial charge on any atom is 1.00 e. The molecule has 0 radical (unpaired) electrons. The van der Waals surface area contributed by atoms with E-state index < -0.39 is 12.4 Å². The number of benzene rings is 1. The standard InChI is InChI=1S/C13H16BF4N2.K/c1-11(14(16,17)18)10-19-6-8-20(9-7-19)13-5-3-2-4-12(13)15;/h2-5H,1,6-10H2;/q-1;+1. The second kappa shape index (κ2) is 8.12. The molecule has 1 aromatic carbocycles. The summed E-state index contributed by atoms with van der Waals surface area (Å²) in [5.74, 6) is -0.302. The zero-order chi connectivity index (χ0) is 14.8. The van der Waals surface area contributed by atoms with E-state index in [1.165, 1.54) is 6.07 Å². The second-order valence-corrected chi connectivity index (χ2v) is 4.95. The monoisotopic (exact) mass is 326 g/mol. The van der Waals surface area contributed by atoms with Crippen molar-refractivity contribution in [2.75, 3.05) is 37.6 Å². The third-order valence-corrected chi connectivity index (χ3v) is 3.46. The van der Waals surface area contributed by atoms with Crippen LogP contribution in [0.25, 0.3) is 0 Å². The Balaban J connectivity index is 0.00000220. The molecular formula is C13H16BF4KN2. The molecule has 2 nitrogen and oxygen atoms in total. The number of hydrogen-bond donors (Lipinski definition) is 0. The molecule has 0 spiro atoms. The average molecular weight is 326 g/mol. The van der Waals surface area contributed by atoms with Gasteiger partial charge in [0.15, 0.2) is 0 Å². The van der Waals surface area contributed by atoms with Gasteiger partial charge in [-0.15, -0.1) is 12.1 Å². The number of piperazine rings is 1. The maximum atomic E-state index is 13.6. The minimum atomic E-state index is -4.97. The van der Waals surface area contributed by atoms with Gasteiger partial charge in [-0.1, -0.05) is 12.1 Å². The van der Waals surface area contributed by atoms with Gasteiger partial charge < -0.3 is 17.8 Å². The van der Waals surface area contributed by atoms with Crippen LogP contribution < -0.4 is 56.3 Å². The molecule has 1 aliphatic rings. The average Bonchev–Trinajstić information content (AvgIpc) is 2.39. The molecule has 0 bridgehead atoms. The molecule has 1 heterocycles. The summed E-state index contributed by atoms with van der Waals surface area (Å²) >= 11 is 0. The number of anilines is 1. The SMILES string of the molecule is C=C(CN1CCN(c2ccccc2F)CC1)[B-](F)(F)F.[K+]. The molecule has 1 fully saturated rings. The number of rotatable bonds is 4. The molecule has 1 aromatic rings. The van der Waals surface area contributed by atoms with Gasteiger partial charge in [0.1, 0.15) is 5.82 Å². The first kappa shape index (κ1) is 19.2. The van der Waals surface area contributed by atoms with Gasteiger partial charge >= 0.3 is 58.4 Å². The van der Waals surface area contributed by atoms with Crippen LogP contribution in [0.4, 0.5) is 23.0 Å². The van der Waals surface area contributed by atoms with E-state index in [0.29, 0.717) is 31.9 Å². The summed E-state index contributed by atoms with van der Waals surface area (Å²) < 4.78 is 51.0. The van der Waals surface area contributed by atoms with Crippen molar-refractivity contribution in [1.29, 1.82) is 0 Å². The summed E-state index contributed by atoms with van der Waals surface area (Å²) in [5.41, 5.74) is -0.171. The van der Waals surface area contributed by atoms with E-state index in [9.17, 15) is 17.3 Å². The summed E-state index contributed by atoms with van der Waals surface area (Å²) in [5, 5.41) is 0. The Morgan fingerprint density at radius 3 is 2.19 bits per heavy atom. The quantitative estimate of drug-likeness (QED) is 0.563. The molecule has 2 rings (SSSR count). The van der Waals surface area contributed by atoms with Crippen LogP contribution in [0.1, 0.15) is 0 Å². The minimum absolute atomic E-state index is 0. The molecule has 8 heteroatoms. The predicted octanol–water partition coefficient (Wildman–Crippen LogP) is -0.106. The molecule has 0 aliphatic carbocycles. The van der Waals surface area contributed by atoms with E-state index in [0.717, 1.165) is 0 Å². The predicted molar refractivity (Wildman–Crippen MR) is 73.3 cm³/mol. The van der Waals surface area contributed by atoms with Crippen molar-refractivity contribution < 1.29 is 68.7 Å². The molecule has 0 aromatic heterocycles. The van der Waals surface area contributed by atoms with Crippen molar-refractivity contribution in [3.8, 4) is 0 Å². The number of para-hydroxylation sites is 1. The third kappa shape index (κ3) is 5.37. The maximum absolute atomic E-state index is 13.6. The number of nitrogens with zero attached hydrogens (tertiary/aromatic N) is 2. The fraction of sp³-hybridized carbons (Fsp3) is 0.385. The Bertz CT molecular complexity index is 487. The summed E-state index contributed by atoms with van der Waals surface area (Å²) in [6.07, 6.45) is 0.